The molecular weight excluding hydrogens is 494 g/mol. The van der Waals surface area contributed by atoms with E-state index in [2.05, 4.69) is 16.5 Å². The van der Waals surface area contributed by atoms with Gasteiger partial charge >= 0.3 is 0 Å². The maximum Gasteiger partial charge on any atom is 0.243 e. The molecule has 6 rings (SSSR count). The van der Waals surface area contributed by atoms with Gasteiger partial charge in [-0.25, -0.2) is 18.4 Å². The van der Waals surface area contributed by atoms with Crippen molar-refractivity contribution >= 4 is 43.9 Å². The lowest BCUT2D eigenvalue weighted by Crippen LogP contribution is -2.39. The van der Waals surface area contributed by atoms with Gasteiger partial charge in [0.15, 0.2) is 5.16 Å². The first-order chi connectivity index (χ1) is 17.5. The van der Waals surface area contributed by atoms with Crippen molar-refractivity contribution in [3.8, 4) is 0 Å². The lowest BCUT2D eigenvalue weighted by atomic mass is 10.0. The Kier molecular flexibility index (Phi) is 6.53. The molecular formula is C26H31N5O3S2. The molecule has 0 radical (unpaired) electrons. The average molecular weight is 526 g/mol. The normalized spacial score (nSPS) is 21.6. The SMILES string of the molecule is C[C@H]1CCCN(S(=O)(=O)c2ccc3c(c2)nc(SCc2nc4ccccc4[nH]2)n3C[C@@H]2CCCO2)C1. The summed E-state index contributed by atoms with van der Waals surface area (Å²) in [6, 6.07) is 13.4. The van der Waals surface area contributed by atoms with E-state index in [1.54, 1.807) is 28.2 Å². The zero-order valence-electron chi connectivity index (χ0n) is 20.4. The first-order valence-corrected chi connectivity index (χ1v) is 15.1. The topological polar surface area (TPSA) is 93.1 Å². The van der Waals surface area contributed by atoms with E-state index in [1.807, 2.05) is 30.3 Å². The highest BCUT2D eigenvalue weighted by molar-refractivity contribution is 7.98. The van der Waals surface area contributed by atoms with E-state index in [0.717, 1.165) is 59.8 Å². The minimum absolute atomic E-state index is 0.145. The quantitative estimate of drug-likeness (QED) is 0.348. The molecule has 0 saturated carbocycles. The summed E-state index contributed by atoms with van der Waals surface area (Å²) in [5.41, 5.74) is 3.60. The molecule has 0 amide bonds. The Morgan fingerprint density at radius 3 is 2.81 bits per heavy atom. The van der Waals surface area contributed by atoms with Gasteiger partial charge in [-0.2, -0.15) is 4.31 Å². The fourth-order valence-corrected chi connectivity index (χ4v) is 7.76. The molecule has 10 heteroatoms. The monoisotopic (exact) mass is 525 g/mol. The van der Waals surface area contributed by atoms with Crippen LogP contribution in [0, 0.1) is 5.92 Å². The molecule has 2 aromatic carbocycles. The van der Waals surface area contributed by atoms with Gasteiger partial charge in [-0.3, -0.25) is 0 Å². The first-order valence-electron chi connectivity index (χ1n) is 12.7. The molecule has 2 aliphatic heterocycles. The first kappa shape index (κ1) is 24.0. The van der Waals surface area contributed by atoms with Crippen LogP contribution in [0.15, 0.2) is 52.5 Å². The van der Waals surface area contributed by atoms with Gasteiger partial charge in [-0.1, -0.05) is 30.8 Å². The predicted molar refractivity (Wildman–Crippen MR) is 142 cm³/mol. The van der Waals surface area contributed by atoms with Crippen molar-refractivity contribution in [2.24, 2.45) is 5.92 Å². The van der Waals surface area contributed by atoms with Crippen molar-refractivity contribution in [3.05, 3.63) is 48.3 Å². The maximum atomic E-state index is 13.4. The Labute approximate surface area is 215 Å². The maximum absolute atomic E-state index is 13.4. The van der Waals surface area contributed by atoms with Crippen molar-refractivity contribution < 1.29 is 13.2 Å². The highest BCUT2D eigenvalue weighted by Gasteiger charge is 2.29. The molecule has 0 spiro atoms. The number of thioether (sulfide) groups is 1. The number of imidazole rings is 2. The van der Waals surface area contributed by atoms with Crippen LogP contribution in [-0.4, -0.2) is 58.0 Å². The zero-order chi connectivity index (χ0) is 24.7. The van der Waals surface area contributed by atoms with Crippen LogP contribution in [0.25, 0.3) is 22.1 Å². The van der Waals surface area contributed by atoms with E-state index in [4.69, 9.17) is 14.7 Å². The van der Waals surface area contributed by atoms with Crippen LogP contribution in [0.5, 0.6) is 0 Å². The summed E-state index contributed by atoms with van der Waals surface area (Å²) in [4.78, 5) is 13.3. The van der Waals surface area contributed by atoms with Crippen LogP contribution < -0.4 is 0 Å². The highest BCUT2D eigenvalue weighted by Crippen LogP contribution is 2.31. The van der Waals surface area contributed by atoms with Gasteiger partial charge in [0, 0.05) is 19.7 Å². The van der Waals surface area contributed by atoms with Crippen LogP contribution >= 0.6 is 11.8 Å². The minimum atomic E-state index is -3.54. The van der Waals surface area contributed by atoms with Crippen molar-refractivity contribution in [2.75, 3.05) is 19.7 Å². The third-order valence-corrected chi connectivity index (χ3v) is 9.98. The summed E-state index contributed by atoms with van der Waals surface area (Å²) in [5.74, 6) is 1.91. The van der Waals surface area contributed by atoms with E-state index >= 15 is 0 Å². The molecule has 36 heavy (non-hydrogen) atoms. The smallest absolute Gasteiger partial charge is 0.243 e. The van der Waals surface area contributed by atoms with E-state index in [1.165, 1.54) is 0 Å². The Balaban J connectivity index is 1.32. The van der Waals surface area contributed by atoms with Crippen LogP contribution in [-0.2, 0) is 27.1 Å². The number of nitrogens with one attached hydrogen (secondary N) is 1. The Morgan fingerprint density at radius 2 is 2.00 bits per heavy atom. The number of aromatic nitrogens is 4. The van der Waals surface area contributed by atoms with E-state index in [-0.39, 0.29) is 6.10 Å². The number of aromatic amines is 1. The van der Waals surface area contributed by atoms with Crippen LogP contribution in [0.4, 0.5) is 0 Å². The number of piperidine rings is 1. The molecule has 2 aromatic heterocycles. The molecule has 0 bridgehead atoms. The van der Waals surface area contributed by atoms with Crippen LogP contribution in [0.3, 0.4) is 0 Å². The Bertz CT molecular complexity index is 1460. The number of benzene rings is 2. The number of nitrogens with zero attached hydrogens (tertiary/aromatic N) is 4. The second kappa shape index (κ2) is 9.81. The second-order valence-corrected chi connectivity index (χ2v) is 12.8. The highest BCUT2D eigenvalue weighted by atomic mass is 32.2. The number of fused-ring (bicyclic) bond motifs is 2. The lowest BCUT2D eigenvalue weighted by Gasteiger charge is -2.30. The summed E-state index contributed by atoms with van der Waals surface area (Å²) < 4.78 is 36.5. The number of sulfonamides is 1. The summed E-state index contributed by atoms with van der Waals surface area (Å²) >= 11 is 1.61. The van der Waals surface area contributed by atoms with E-state index < -0.39 is 10.0 Å². The van der Waals surface area contributed by atoms with Crippen molar-refractivity contribution in [1.29, 1.82) is 0 Å². The number of ether oxygens (including phenoxy) is 1. The largest absolute Gasteiger partial charge is 0.376 e. The number of hydrogen-bond donors (Lipinski definition) is 1. The summed E-state index contributed by atoms with van der Waals surface area (Å²) in [5, 5.41) is 0.849. The Morgan fingerprint density at radius 1 is 1.11 bits per heavy atom. The third kappa shape index (κ3) is 4.67. The average Bonchev–Trinajstić information content (AvgIpc) is 3.61. The molecule has 0 unspecified atom stereocenters. The number of H-pyrrole nitrogens is 1. The molecule has 2 saturated heterocycles. The molecule has 2 aliphatic rings. The molecule has 190 valence electrons. The van der Waals surface area contributed by atoms with E-state index in [9.17, 15) is 8.42 Å². The van der Waals surface area contributed by atoms with Crippen molar-refractivity contribution in [3.63, 3.8) is 0 Å². The molecule has 4 heterocycles. The molecule has 4 aromatic rings. The minimum Gasteiger partial charge on any atom is -0.376 e. The fraction of sp³-hybridized carbons (Fsp3) is 0.462. The molecule has 2 atom stereocenters. The van der Waals surface area contributed by atoms with Gasteiger partial charge in [0.2, 0.25) is 10.0 Å². The standard InChI is InChI=1S/C26H31N5O3S2/c1-18-6-4-12-30(15-18)36(32,33)20-10-11-24-23(14-20)29-26(31(24)16-19-7-5-13-34-19)35-17-25-27-21-8-2-3-9-22(21)28-25/h2-3,8-11,14,18-19H,4-7,12-13,15-17H2,1H3,(H,27,28)/t18-,19-/m0/s1. The summed E-state index contributed by atoms with van der Waals surface area (Å²) in [6.07, 6.45) is 4.21. The van der Waals surface area contributed by atoms with Crippen molar-refractivity contribution in [2.45, 2.75) is 61.1 Å². The number of para-hydroxylation sites is 2. The van der Waals surface area contributed by atoms with Gasteiger partial charge in [-0.15, -0.1) is 0 Å². The Hall–Kier alpha value is -2.40. The van der Waals surface area contributed by atoms with Crippen LogP contribution in [0.2, 0.25) is 0 Å². The van der Waals surface area contributed by atoms with Gasteiger partial charge < -0.3 is 14.3 Å². The van der Waals surface area contributed by atoms with Gasteiger partial charge in [0.1, 0.15) is 5.82 Å². The van der Waals surface area contributed by atoms with Crippen molar-refractivity contribution in [1.82, 2.24) is 23.8 Å². The number of hydrogen-bond acceptors (Lipinski definition) is 6. The third-order valence-electron chi connectivity index (χ3n) is 7.13. The summed E-state index contributed by atoms with van der Waals surface area (Å²) in [6.45, 7) is 4.76. The number of rotatable bonds is 7. The van der Waals surface area contributed by atoms with Gasteiger partial charge in [0.05, 0.1) is 45.4 Å². The van der Waals surface area contributed by atoms with E-state index in [0.29, 0.717) is 41.7 Å². The second-order valence-electron chi connectivity index (χ2n) is 9.89. The summed E-state index contributed by atoms with van der Waals surface area (Å²) in [7, 11) is -3.54. The zero-order valence-corrected chi connectivity index (χ0v) is 22.0. The van der Waals surface area contributed by atoms with Gasteiger partial charge in [-0.05, 0) is 61.9 Å². The molecule has 8 nitrogen and oxygen atoms in total. The van der Waals surface area contributed by atoms with Crippen LogP contribution in [0.1, 0.15) is 38.4 Å². The molecule has 2 fully saturated rings. The van der Waals surface area contributed by atoms with Gasteiger partial charge in [0.25, 0.3) is 0 Å². The predicted octanol–water partition coefficient (Wildman–Crippen LogP) is 4.80. The molecule has 1 N–H and O–H groups in total. The fourth-order valence-electron chi connectivity index (χ4n) is 5.25. The lowest BCUT2D eigenvalue weighted by molar-refractivity contribution is 0.0960. The molecule has 0 aliphatic carbocycles.